The van der Waals surface area contributed by atoms with E-state index in [1.807, 2.05) is 20.8 Å². The number of amides is 1. The van der Waals surface area contributed by atoms with E-state index in [2.05, 4.69) is 23.5 Å². The molecule has 24 heavy (non-hydrogen) atoms. The molecule has 2 aliphatic rings. The van der Waals surface area contributed by atoms with Gasteiger partial charge in [-0.25, -0.2) is 4.79 Å². The lowest BCUT2D eigenvalue weighted by Crippen LogP contribution is -2.40. The first kappa shape index (κ1) is 17.3. The summed E-state index contributed by atoms with van der Waals surface area (Å²) in [6, 6.07) is 7.18. The molecule has 4 heteroatoms. The van der Waals surface area contributed by atoms with E-state index in [-0.39, 0.29) is 6.09 Å². The zero-order valence-corrected chi connectivity index (χ0v) is 15.2. The quantitative estimate of drug-likeness (QED) is 0.889. The number of benzene rings is 1. The molecule has 1 saturated heterocycles. The van der Waals surface area contributed by atoms with Gasteiger partial charge < -0.3 is 10.1 Å². The SMILES string of the molecule is CC(C)(C)OC(=O)N1CCCc2cc(CC3CCCCN3)ccc21. The fourth-order valence-corrected chi connectivity index (χ4v) is 3.67. The van der Waals surface area contributed by atoms with Crippen LogP contribution in [0.2, 0.25) is 0 Å². The molecule has 0 saturated carbocycles. The highest BCUT2D eigenvalue weighted by Crippen LogP contribution is 2.30. The Morgan fingerprint density at radius 2 is 2.12 bits per heavy atom. The third-order valence-corrected chi connectivity index (χ3v) is 4.77. The highest BCUT2D eigenvalue weighted by molar-refractivity contribution is 5.89. The Morgan fingerprint density at radius 3 is 2.83 bits per heavy atom. The summed E-state index contributed by atoms with van der Waals surface area (Å²) in [5, 5.41) is 3.62. The molecule has 1 N–H and O–H groups in total. The molecule has 0 aliphatic carbocycles. The van der Waals surface area contributed by atoms with Crippen molar-refractivity contribution in [1.82, 2.24) is 5.32 Å². The minimum Gasteiger partial charge on any atom is -0.443 e. The second kappa shape index (κ2) is 7.14. The Labute approximate surface area is 145 Å². The maximum absolute atomic E-state index is 12.5. The van der Waals surface area contributed by atoms with Crippen LogP contribution in [0.3, 0.4) is 0 Å². The number of fused-ring (bicyclic) bond motifs is 1. The lowest BCUT2D eigenvalue weighted by molar-refractivity contribution is 0.0578. The highest BCUT2D eigenvalue weighted by atomic mass is 16.6. The molecular formula is C20H30N2O2. The molecule has 4 nitrogen and oxygen atoms in total. The number of carbonyl (C=O) groups is 1. The molecule has 0 radical (unpaired) electrons. The van der Waals surface area contributed by atoms with Gasteiger partial charge in [-0.05, 0) is 76.6 Å². The number of ether oxygens (including phenoxy) is 1. The first-order valence-corrected chi connectivity index (χ1v) is 9.28. The minimum atomic E-state index is -0.457. The van der Waals surface area contributed by atoms with E-state index in [0.29, 0.717) is 6.04 Å². The van der Waals surface area contributed by atoms with Crippen molar-refractivity contribution in [3.63, 3.8) is 0 Å². The number of nitrogens with zero attached hydrogens (tertiary/aromatic N) is 1. The summed E-state index contributed by atoms with van der Waals surface area (Å²) in [4.78, 5) is 14.3. The topological polar surface area (TPSA) is 41.6 Å². The number of piperidine rings is 1. The molecule has 0 spiro atoms. The third-order valence-electron chi connectivity index (χ3n) is 4.77. The van der Waals surface area contributed by atoms with Crippen LogP contribution in [0.4, 0.5) is 10.5 Å². The van der Waals surface area contributed by atoms with Gasteiger partial charge in [0.1, 0.15) is 5.60 Å². The third kappa shape index (κ3) is 4.29. The van der Waals surface area contributed by atoms with Crippen molar-refractivity contribution >= 4 is 11.8 Å². The highest BCUT2D eigenvalue weighted by Gasteiger charge is 2.27. The molecule has 0 bridgehead atoms. The van der Waals surface area contributed by atoms with Gasteiger partial charge in [0.05, 0.1) is 5.69 Å². The normalized spacial score (nSPS) is 21.3. The van der Waals surface area contributed by atoms with Gasteiger partial charge in [0.2, 0.25) is 0 Å². The molecule has 1 aromatic rings. The number of hydrogen-bond acceptors (Lipinski definition) is 3. The second-order valence-electron chi connectivity index (χ2n) is 8.05. The van der Waals surface area contributed by atoms with Gasteiger partial charge in [-0.2, -0.15) is 0 Å². The molecule has 1 unspecified atom stereocenters. The molecule has 1 atom stereocenters. The van der Waals surface area contributed by atoms with Crippen LogP contribution in [0.1, 0.15) is 57.6 Å². The molecule has 2 aliphatic heterocycles. The van der Waals surface area contributed by atoms with Crippen molar-refractivity contribution in [3.05, 3.63) is 29.3 Å². The van der Waals surface area contributed by atoms with E-state index < -0.39 is 5.60 Å². The van der Waals surface area contributed by atoms with E-state index in [1.165, 1.54) is 30.4 Å². The molecule has 1 aromatic carbocycles. The Bertz CT molecular complexity index is 586. The van der Waals surface area contributed by atoms with Gasteiger partial charge in [-0.3, -0.25) is 4.90 Å². The Balaban J connectivity index is 1.73. The molecule has 3 rings (SSSR count). The molecular weight excluding hydrogens is 300 g/mol. The number of carbonyl (C=O) groups excluding carboxylic acids is 1. The van der Waals surface area contributed by atoms with E-state index in [0.717, 1.165) is 38.0 Å². The van der Waals surface area contributed by atoms with Crippen LogP contribution in [0, 0.1) is 0 Å². The van der Waals surface area contributed by atoms with Crippen LogP contribution in [0.25, 0.3) is 0 Å². The standard InChI is InChI=1S/C20H30N2O2/c1-20(2,3)24-19(23)22-12-6-7-16-13-15(9-10-18(16)22)14-17-8-4-5-11-21-17/h9-10,13,17,21H,4-8,11-12,14H2,1-3H3. The fourth-order valence-electron chi connectivity index (χ4n) is 3.67. The summed E-state index contributed by atoms with van der Waals surface area (Å²) in [7, 11) is 0. The van der Waals surface area contributed by atoms with Gasteiger partial charge in [0.15, 0.2) is 0 Å². The maximum atomic E-state index is 12.5. The lowest BCUT2D eigenvalue weighted by Gasteiger charge is -2.32. The largest absolute Gasteiger partial charge is 0.443 e. The summed E-state index contributed by atoms with van der Waals surface area (Å²) >= 11 is 0. The van der Waals surface area contributed by atoms with Crippen molar-refractivity contribution < 1.29 is 9.53 Å². The number of rotatable bonds is 2. The van der Waals surface area contributed by atoms with Crippen LogP contribution in [-0.4, -0.2) is 30.8 Å². The lowest BCUT2D eigenvalue weighted by atomic mass is 9.94. The Morgan fingerprint density at radius 1 is 1.29 bits per heavy atom. The van der Waals surface area contributed by atoms with Crippen molar-refractivity contribution in [2.75, 3.05) is 18.0 Å². The van der Waals surface area contributed by atoms with E-state index >= 15 is 0 Å². The number of hydrogen-bond donors (Lipinski definition) is 1. The Hall–Kier alpha value is -1.55. The zero-order valence-electron chi connectivity index (χ0n) is 15.2. The van der Waals surface area contributed by atoms with Crippen LogP contribution >= 0.6 is 0 Å². The molecule has 1 amide bonds. The summed E-state index contributed by atoms with van der Waals surface area (Å²) in [6.07, 6.45) is 6.78. The predicted molar refractivity (Wildman–Crippen MR) is 97.7 cm³/mol. The van der Waals surface area contributed by atoms with E-state index in [4.69, 9.17) is 4.74 Å². The fraction of sp³-hybridized carbons (Fsp3) is 0.650. The van der Waals surface area contributed by atoms with Crippen molar-refractivity contribution in [2.45, 2.75) is 70.9 Å². The van der Waals surface area contributed by atoms with Crippen LogP contribution < -0.4 is 10.2 Å². The van der Waals surface area contributed by atoms with Gasteiger partial charge in [0, 0.05) is 12.6 Å². The summed E-state index contributed by atoms with van der Waals surface area (Å²) < 4.78 is 5.56. The van der Waals surface area contributed by atoms with Gasteiger partial charge in [0.25, 0.3) is 0 Å². The predicted octanol–water partition coefficient (Wildman–Crippen LogP) is 4.06. The van der Waals surface area contributed by atoms with Crippen molar-refractivity contribution in [2.24, 2.45) is 0 Å². The molecule has 0 aromatic heterocycles. The first-order chi connectivity index (χ1) is 11.4. The van der Waals surface area contributed by atoms with Crippen LogP contribution in [0.15, 0.2) is 18.2 Å². The first-order valence-electron chi connectivity index (χ1n) is 9.28. The second-order valence-corrected chi connectivity index (χ2v) is 8.05. The molecule has 2 heterocycles. The smallest absolute Gasteiger partial charge is 0.414 e. The summed E-state index contributed by atoms with van der Waals surface area (Å²) in [6.45, 7) is 7.62. The van der Waals surface area contributed by atoms with Crippen LogP contribution in [0.5, 0.6) is 0 Å². The average Bonchev–Trinajstić information content (AvgIpc) is 2.53. The zero-order chi connectivity index (χ0) is 17.2. The number of aryl methyl sites for hydroxylation is 1. The maximum Gasteiger partial charge on any atom is 0.414 e. The van der Waals surface area contributed by atoms with E-state index in [1.54, 1.807) is 4.90 Å². The number of nitrogens with one attached hydrogen (secondary N) is 1. The molecule has 1 fully saturated rings. The minimum absolute atomic E-state index is 0.231. The van der Waals surface area contributed by atoms with Crippen molar-refractivity contribution in [1.29, 1.82) is 0 Å². The summed E-state index contributed by atoms with van der Waals surface area (Å²) in [5.41, 5.74) is 3.22. The van der Waals surface area contributed by atoms with Crippen molar-refractivity contribution in [3.8, 4) is 0 Å². The van der Waals surface area contributed by atoms with Gasteiger partial charge in [-0.15, -0.1) is 0 Å². The molecule has 132 valence electrons. The number of anilines is 1. The monoisotopic (exact) mass is 330 g/mol. The van der Waals surface area contributed by atoms with E-state index in [9.17, 15) is 4.79 Å². The Kier molecular flexibility index (Phi) is 5.14. The summed E-state index contributed by atoms with van der Waals surface area (Å²) in [5.74, 6) is 0. The van der Waals surface area contributed by atoms with Gasteiger partial charge in [-0.1, -0.05) is 18.6 Å². The average molecular weight is 330 g/mol. The van der Waals surface area contributed by atoms with Gasteiger partial charge >= 0.3 is 6.09 Å². The van der Waals surface area contributed by atoms with Crippen LogP contribution in [-0.2, 0) is 17.6 Å².